The number of nitro groups is 1. The molecule has 24 heavy (non-hydrogen) atoms. The maximum absolute atomic E-state index is 12.0. The summed E-state index contributed by atoms with van der Waals surface area (Å²) in [7, 11) is 1.04. The molecular formula is C16H19NO7. The minimum atomic E-state index is -1.79. The summed E-state index contributed by atoms with van der Waals surface area (Å²) in [6.45, 7) is 3.32. The Bertz CT molecular complexity index is 624. The molecule has 0 fully saturated rings. The maximum atomic E-state index is 12.0. The lowest BCUT2D eigenvalue weighted by Crippen LogP contribution is -2.39. The van der Waals surface area contributed by atoms with Gasteiger partial charge in [0.25, 0.3) is 0 Å². The second kappa shape index (κ2) is 8.76. The van der Waals surface area contributed by atoms with Gasteiger partial charge in [0.1, 0.15) is 0 Å². The predicted octanol–water partition coefficient (Wildman–Crippen LogP) is 1.42. The molecule has 8 nitrogen and oxygen atoms in total. The van der Waals surface area contributed by atoms with Crippen molar-refractivity contribution in [3.8, 4) is 0 Å². The summed E-state index contributed by atoms with van der Waals surface area (Å²) in [6, 6.07) is 4.78. The highest BCUT2D eigenvalue weighted by Gasteiger charge is 2.43. The SMILES string of the molecule is CCOC(=O)C([C@H](CC(=O)C(=O)OC)c1ccc(C)cc1)[N+](=O)[O-]. The van der Waals surface area contributed by atoms with E-state index >= 15 is 0 Å². The van der Waals surface area contributed by atoms with Crippen LogP contribution < -0.4 is 0 Å². The monoisotopic (exact) mass is 337 g/mol. The van der Waals surface area contributed by atoms with Crippen LogP contribution in [-0.2, 0) is 23.9 Å². The van der Waals surface area contributed by atoms with Gasteiger partial charge >= 0.3 is 18.0 Å². The Morgan fingerprint density at radius 2 is 1.79 bits per heavy atom. The number of carbonyl (C=O) groups is 3. The number of Topliss-reactive ketones (excluding diaryl/α,β-unsaturated/α-hetero) is 1. The van der Waals surface area contributed by atoms with E-state index in [1.165, 1.54) is 6.92 Å². The van der Waals surface area contributed by atoms with Crippen LogP contribution in [0, 0.1) is 17.0 Å². The molecule has 130 valence electrons. The van der Waals surface area contributed by atoms with Crippen LogP contribution in [0.1, 0.15) is 30.4 Å². The van der Waals surface area contributed by atoms with E-state index in [2.05, 4.69) is 4.74 Å². The first kappa shape index (κ1) is 19.3. The Balaban J connectivity index is 3.26. The molecule has 8 heteroatoms. The van der Waals surface area contributed by atoms with Gasteiger partial charge in [-0.05, 0) is 19.4 Å². The first-order valence-electron chi connectivity index (χ1n) is 7.29. The van der Waals surface area contributed by atoms with Crippen molar-refractivity contribution in [2.24, 2.45) is 0 Å². The topological polar surface area (TPSA) is 113 Å². The van der Waals surface area contributed by atoms with E-state index in [0.717, 1.165) is 12.7 Å². The van der Waals surface area contributed by atoms with Gasteiger partial charge in [-0.25, -0.2) is 9.59 Å². The minimum absolute atomic E-state index is 0.0330. The van der Waals surface area contributed by atoms with Crippen LogP contribution >= 0.6 is 0 Å². The summed E-state index contributed by atoms with van der Waals surface area (Å²) in [5.41, 5.74) is 1.30. The molecule has 0 bridgehead atoms. The van der Waals surface area contributed by atoms with Crippen LogP contribution in [0.2, 0.25) is 0 Å². The van der Waals surface area contributed by atoms with Gasteiger partial charge in [0.05, 0.1) is 19.6 Å². The Kier molecular flexibility index (Phi) is 7.03. The summed E-state index contributed by atoms with van der Waals surface area (Å²) in [5.74, 6) is -4.24. The molecule has 0 saturated heterocycles. The van der Waals surface area contributed by atoms with Gasteiger partial charge in [0, 0.05) is 11.3 Å². The van der Waals surface area contributed by atoms with Crippen molar-refractivity contribution in [1.29, 1.82) is 0 Å². The third-order valence-electron chi connectivity index (χ3n) is 3.46. The molecule has 0 radical (unpaired) electrons. The second-order valence-electron chi connectivity index (χ2n) is 5.12. The molecule has 0 aliphatic carbocycles. The number of ketones is 1. The van der Waals surface area contributed by atoms with Gasteiger partial charge < -0.3 is 9.47 Å². The normalized spacial score (nSPS) is 12.8. The molecule has 1 rings (SSSR count). The average Bonchev–Trinajstić information content (AvgIpc) is 2.54. The van der Waals surface area contributed by atoms with Gasteiger partial charge in [-0.3, -0.25) is 14.9 Å². The number of carbonyl (C=O) groups excluding carboxylic acids is 3. The van der Waals surface area contributed by atoms with E-state index in [-0.39, 0.29) is 6.61 Å². The number of esters is 2. The van der Waals surface area contributed by atoms with Gasteiger partial charge in [0.2, 0.25) is 5.78 Å². The number of hydrogen-bond donors (Lipinski definition) is 0. The van der Waals surface area contributed by atoms with Crippen LogP contribution in [-0.4, -0.2) is 42.4 Å². The molecule has 0 N–H and O–H groups in total. The van der Waals surface area contributed by atoms with Gasteiger partial charge in [0.15, 0.2) is 0 Å². The third kappa shape index (κ3) is 4.87. The Morgan fingerprint density at radius 3 is 2.25 bits per heavy atom. The van der Waals surface area contributed by atoms with Crippen molar-refractivity contribution in [3.63, 3.8) is 0 Å². The molecule has 0 aromatic heterocycles. The van der Waals surface area contributed by atoms with Crippen LogP contribution in [0.3, 0.4) is 0 Å². The summed E-state index contributed by atoms with van der Waals surface area (Å²) < 4.78 is 9.09. The molecule has 0 amide bonds. The minimum Gasteiger partial charge on any atom is -0.463 e. The van der Waals surface area contributed by atoms with Crippen molar-refractivity contribution < 1.29 is 28.8 Å². The van der Waals surface area contributed by atoms with Crippen molar-refractivity contribution in [2.75, 3.05) is 13.7 Å². The number of nitrogens with zero attached hydrogens (tertiary/aromatic N) is 1. The van der Waals surface area contributed by atoms with E-state index in [9.17, 15) is 24.5 Å². The number of rotatable bonds is 8. The number of ether oxygens (including phenoxy) is 2. The molecule has 0 heterocycles. The summed E-state index contributed by atoms with van der Waals surface area (Å²) >= 11 is 0. The van der Waals surface area contributed by atoms with Crippen molar-refractivity contribution >= 4 is 17.7 Å². The van der Waals surface area contributed by atoms with E-state index in [1.807, 2.05) is 6.92 Å². The number of benzene rings is 1. The quantitative estimate of drug-likeness (QED) is 0.305. The molecule has 0 aliphatic rings. The van der Waals surface area contributed by atoms with Crippen molar-refractivity contribution in [3.05, 3.63) is 45.5 Å². The highest BCUT2D eigenvalue weighted by Crippen LogP contribution is 2.27. The fourth-order valence-corrected chi connectivity index (χ4v) is 2.25. The average molecular weight is 337 g/mol. The Hall–Kier alpha value is -2.77. The largest absolute Gasteiger partial charge is 0.463 e. The fourth-order valence-electron chi connectivity index (χ4n) is 2.25. The van der Waals surface area contributed by atoms with Crippen LogP contribution in [0.5, 0.6) is 0 Å². The smallest absolute Gasteiger partial charge is 0.382 e. The Labute approximate surface area is 138 Å². The molecule has 0 spiro atoms. The van der Waals surface area contributed by atoms with Gasteiger partial charge in [-0.15, -0.1) is 0 Å². The van der Waals surface area contributed by atoms with E-state index in [1.54, 1.807) is 24.3 Å². The van der Waals surface area contributed by atoms with Crippen LogP contribution in [0.15, 0.2) is 24.3 Å². The lowest BCUT2D eigenvalue weighted by Gasteiger charge is -2.19. The maximum Gasteiger partial charge on any atom is 0.382 e. The first-order valence-corrected chi connectivity index (χ1v) is 7.29. The van der Waals surface area contributed by atoms with Crippen molar-refractivity contribution in [1.82, 2.24) is 0 Å². The first-order chi connectivity index (χ1) is 11.3. The predicted molar refractivity (Wildman–Crippen MR) is 83.0 cm³/mol. The zero-order valence-electron chi connectivity index (χ0n) is 13.7. The molecule has 1 aromatic rings. The molecule has 2 atom stereocenters. The number of methoxy groups -OCH3 is 1. The molecule has 1 unspecified atom stereocenters. The molecular weight excluding hydrogens is 318 g/mol. The summed E-state index contributed by atoms with van der Waals surface area (Å²) in [5, 5.41) is 11.4. The zero-order valence-corrected chi connectivity index (χ0v) is 13.7. The van der Waals surface area contributed by atoms with E-state index in [4.69, 9.17) is 4.74 Å². The number of aryl methyl sites for hydroxylation is 1. The van der Waals surface area contributed by atoms with Crippen LogP contribution in [0.25, 0.3) is 0 Å². The summed E-state index contributed by atoms with van der Waals surface area (Å²) in [6.07, 6.45) is -0.528. The lowest BCUT2D eigenvalue weighted by molar-refractivity contribution is -0.514. The molecule has 0 saturated carbocycles. The standard InChI is InChI=1S/C16H19NO7/c1-4-24-16(20)14(17(21)22)12(9-13(18)15(19)23-3)11-7-5-10(2)6-8-11/h5-8,12,14H,4,9H2,1-3H3/t12-,14?/m1/s1. The fraction of sp³-hybridized carbons (Fsp3) is 0.438. The van der Waals surface area contributed by atoms with Crippen LogP contribution in [0.4, 0.5) is 0 Å². The van der Waals surface area contributed by atoms with Gasteiger partial charge in [-0.2, -0.15) is 0 Å². The molecule has 1 aromatic carbocycles. The summed E-state index contributed by atoms with van der Waals surface area (Å²) in [4.78, 5) is 45.8. The highest BCUT2D eigenvalue weighted by atomic mass is 16.6. The number of hydrogen-bond acceptors (Lipinski definition) is 7. The third-order valence-corrected chi connectivity index (χ3v) is 3.46. The van der Waals surface area contributed by atoms with Gasteiger partial charge in [-0.1, -0.05) is 29.8 Å². The highest BCUT2D eigenvalue weighted by molar-refractivity contribution is 6.33. The molecule has 0 aliphatic heterocycles. The van der Waals surface area contributed by atoms with Crippen molar-refractivity contribution in [2.45, 2.75) is 32.2 Å². The second-order valence-corrected chi connectivity index (χ2v) is 5.12. The van der Waals surface area contributed by atoms with E-state index < -0.39 is 41.0 Å². The Morgan fingerprint density at radius 1 is 1.21 bits per heavy atom. The lowest BCUT2D eigenvalue weighted by atomic mass is 9.86. The van der Waals surface area contributed by atoms with E-state index in [0.29, 0.717) is 5.56 Å². The zero-order chi connectivity index (χ0) is 18.3.